The van der Waals surface area contributed by atoms with Gasteiger partial charge in [-0.1, -0.05) is 6.58 Å². The highest BCUT2D eigenvalue weighted by atomic mass is 31.2. The number of carboxylic acids is 2. The zero-order chi connectivity index (χ0) is 15.3. The Balaban J connectivity index is 0. The molecule has 3 N–H and O–H groups in total. The van der Waals surface area contributed by atoms with Crippen molar-refractivity contribution in [2.24, 2.45) is 0 Å². The summed E-state index contributed by atoms with van der Waals surface area (Å²) in [5.41, 5.74) is 0.176. The SMILES string of the molecule is C=C(C)C(=O)O.C[N+](C)(C)C(C(=O)[O-])P(=O)(O)O. The largest absolute Gasteiger partial charge is 0.543 e. The number of carbonyl (C=O) groups is 2. The smallest absolute Gasteiger partial charge is 0.388 e. The molecule has 1 unspecified atom stereocenters. The molecule has 0 aromatic carbocycles. The lowest BCUT2D eigenvalue weighted by Gasteiger charge is -2.34. The Morgan fingerprint density at radius 1 is 1.28 bits per heavy atom. The van der Waals surface area contributed by atoms with Gasteiger partial charge in [0.15, 0.2) is 0 Å². The van der Waals surface area contributed by atoms with E-state index in [1.165, 1.54) is 28.1 Å². The van der Waals surface area contributed by atoms with Crippen LogP contribution < -0.4 is 5.11 Å². The van der Waals surface area contributed by atoms with E-state index in [1.54, 1.807) is 0 Å². The summed E-state index contributed by atoms with van der Waals surface area (Å²) >= 11 is 0. The Morgan fingerprint density at radius 3 is 1.56 bits per heavy atom. The predicted octanol–water partition coefficient (Wildman–Crippen LogP) is -1.41. The minimum atomic E-state index is -4.64. The third kappa shape index (κ3) is 7.97. The van der Waals surface area contributed by atoms with Gasteiger partial charge in [0.1, 0.15) is 5.97 Å². The van der Waals surface area contributed by atoms with E-state index < -0.39 is 25.3 Å². The summed E-state index contributed by atoms with van der Waals surface area (Å²) in [5.74, 6) is -4.48. The molecule has 0 spiro atoms. The average molecular weight is 283 g/mol. The number of likely N-dealkylation sites (N-methyl/N-ethyl adjacent to an activating group) is 1. The molecule has 0 heterocycles. The van der Waals surface area contributed by atoms with Crippen LogP contribution in [0.3, 0.4) is 0 Å². The van der Waals surface area contributed by atoms with Crippen molar-refractivity contribution in [3.8, 4) is 0 Å². The summed E-state index contributed by atoms with van der Waals surface area (Å²) in [5, 5.41) is 18.3. The molecule has 0 aliphatic heterocycles. The first kappa shape index (κ1) is 19.1. The van der Waals surface area contributed by atoms with E-state index in [1.807, 2.05) is 0 Å². The van der Waals surface area contributed by atoms with Gasteiger partial charge in [-0.2, -0.15) is 0 Å². The summed E-state index contributed by atoms with van der Waals surface area (Å²) < 4.78 is 10.3. The van der Waals surface area contributed by atoms with Gasteiger partial charge in [0.2, 0.25) is 5.78 Å². The van der Waals surface area contributed by atoms with Crippen LogP contribution >= 0.6 is 7.60 Å². The number of aliphatic carboxylic acids is 2. The highest BCUT2D eigenvalue weighted by Crippen LogP contribution is 2.43. The maximum absolute atomic E-state index is 10.7. The molecule has 18 heavy (non-hydrogen) atoms. The van der Waals surface area contributed by atoms with Crippen LogP contribution in [0.1, 0.15) is 6.92 Å². The third-order valence-corrected chi connectivity index (χ3v) is 3.17. The van der Waals surface area contributed by atoms with Crippen LogP contribution in [-0.2, 0) is 14.2 Å². The summed E-state index contributed by atoms with van der Waals surface area (Å²) in [6.07, 6.45) is 0. The van der Waals surface area contributed by atoms with E-state index in [9.17, 15) is 19.3 Å². The van der Waals surface area contributed by atoms with Crippen molar-refractivity contribution in [1.82, 2.24) is 0 Å². The summed E-state index contributed by atoms with van der Waals surface area (Å²) in [6, 6.07) is 0. The third-order valence-electron chi connectivity index (χ3n) is 1.63. The Kier molecular flexibility index (Phi) is 7.07. The zero-order valence-corrected chi connectivity index (χ0v) is 11.5. The second-order valence-corrected chi connectivity index (χ2v) is 6.15. The maximum Gasteiger partial charge on any atom is 0.388 e. The molecule has 0 bridgehead atoms. The highest BCUT2D eigenvalue weighted by Gasteiger charge is 2.41. The van der Waals surface area contributed by atoms with Crippen LogP contribution in [-0.4, -0.2) is 58.2 Å². The molecule has 0 fully saturated rings. The summed E-state index contributed by atoms with van der Waals surface area (Å²) in [4.78, 5) is 37.3. The van der Waals surface area contributed by atoms with Crippen LogP contribution in [0.15, 0.2) is 12.2 Å². The van der Waals surface area contributed by atoms with Crippen molar-refractivity contribution in [2.45, 2.75) is 12.7 Å². The highest BCUT2D eigenvalue weighted by molar-refractivity contribution is 7.53. The van der Waals surface area contributed by atoms with Crippen molar-refractivity contribution in [3.05, 3.63) is 12.2 Å². The molecule has 9 heteroatoms. The molecular formula is C9H18NO7P. The number of quaternary nitrogens is 1. The molecule has 0 saturated heterocycles. The first-order valence-electron chi connectivity index (χ1n) is 4.67. The standard InChI is InChI=1S/C5H12NO5P.C4H6O2/c1-6(2,3)4(5(7)8)12(9,10)11;1-3(2)4(5)6/h4H,1-3H3,(H2-,7,8,9,10,11);1H2,2H3,(H,5,6). The van der Waals surface area contributed by atoms with E-state index in [-0.39, 0.29) is 10.1 Å². The maximum atomic E-state index is 10.7. The topological polar surface area (TPSA) is 135 Å². The lowest BCUT2D eigenvalue weighted by Crippen LogP contribution is -2.54. The number of carboxylic acid groups (broad SMARTS) is 2. The van der Waals surface area contributed by atoms with Crippen molar-refractivity contribution < 1.29 is 38.6 Å². The number of hydrogen-bond acceptors (Lipinski definition) is 4. The predicted molar refractivity (Wildman–Crippen MR) is 61.3 cm³/mol. The van der Waals surface area contributed by atoms with Gasteiger partial charge in [0, 0.05) is 5.57 Å². The first-order chi connectivity index (χ1) is 7.71. The average Bonchev–Trinajstić information content (AvgIpc) is 1.96. The molecule has 1 atom stereocenters. The molecule has 0 aromatic heterocycles. The molecule has 0 saturated carbocycles. The lowest BCUT2D eigenvalue weighted by atomic mass is 10.4. The fourth-order valence-corrected chi connectivity index (χ4v) is 2.08. The van der Waals surface area contributed by atoms with Crippen LogP contribution in [0, 0.1) is 0 Å². The molecule has 0 aliphatic carbocycles. The van der Waals surface area contributed by atoms with Gasteiger partial charge in [-0.05, 0) is 6.92 Å². The Bertz CT molecular complexity index is 367. The minimum Gasteiger partial charge on any atom is -0.543 e. The van der Waals surface area contributed by atoms with Gasteiger partial charge >= 0.3 is 13.6 Å². The fraction of sp³-hybridized carbons (Fsp3) is 0.556. The van der Waals surface area contributed by atoms with Gasteiger partial charge in [-0.25, -0.2) is 4.79 Å². The van der Waals surface area contributed by atoms with Crippen LogP contribution in [0.2, 0.25) is 0 Å². The molecule has 0 rings (SSSR count). The number of nitrogens with zero attached hydrogens (tertiary/aromatic N) is 1. The lowest BCUT2D eigenvalue weighted by molar-refractivity contribution is -0.877. The minimum absolute atomic E-state index is 0.176. The molecular weight excluding hydrogens is 265 g/mol. The summed E-state index contributed by atoms with van der Waals surface area (Å²) in [6.45, 7) is 4.60. The van der Waals surface area contributed by atoms with Crippen molar-refractivity contribution >= 4 is 19.5 Å². The first-order valence-corrected chi connectivity index (χ1v) is 6.35. The monoisotopic (exact) mass is 283 g/mol. The molecule has 0 amide bonds. The van der Waals surface area contributed by atoms with E-state index >= 15 is 0 Å². The van der Waals surface area contributed by atoms with Gasteiger partial charge in [0.05, 0.1) is 21.1 Å². The van der Waals surface area contributed by atoms with E-state index in [0.717, 1.165) is 0 Å². The molecule has 0 aliphatic rings. The second-order valence-electron chi connectivity index (χ2n) is 4.48. The van der Waals surface area contributed by atoms with E-state index in [0.29, 0.717) is 0 Å². The van der Waals surface area contributed by atoms with Crippen LogP contribution in [0.4, 0.5) is 0 Å². The van der Waals surface area contributed by atoms with E-state index in [4.69, 9.17) is 14.9 Å². The van der Waals surface area contributed by atoms with Crippen LogP contribution in [0.25, 0.3) is 0 Å². The van der Waals surface area contributed by atoms with E-state index in [2.05, 4.69) is 6.58 Å². The van der Waals surface area contributed by atoms with Gasteiger partial charge in [-0.3, -0.25) is 4.57 Å². The zero-order valence-electron chi connectivity index (χ0n) is 10.7. The number of carbonyl (C=O) groups excluding carboxylic acids is 1. The van der Waals surface area contributed by atoms with Gasteiger partial charge in [0.25, 0.3) is 0 Å². The normalized spacial score (nSPS) is 13.0. The van der Waals surface area contributed by atoms with Crippen LogP contribution in [0.5, 0.6) is 0 Å². The molecule has 0 radical (unpaired) electrons. The van der Waals surface area contributed by atoms with Crippen molar-refractivity contribution in [2.75, 3.05) is 21.1 Å². The Hall–Kier alpha value is -1.21. The van der Waals surface area contributed by atoms with Crippen molar-refractivity contribution in [3.63, 3.8) is 0 Å². The molecule has 0 aromatic rings. The quantitative estimate of drug-likeness (QED) is 0.328. The number of hydrogen-bond donors (Lipinski definition) is 3. The van der Waals surface area contributed by atoms with Gasteiger partial charge < -0.3 is 29.3 Å². The van der Waals surface area contributed by atoms with Gasteiger partial charge in [-0.15, -0.1) is 0 Å². The Morgan fingerprint density at radius 2 is 1.56 bits per heavy atom. The Labute approximate surface area is 105 Å². The molecule has 8 nitrogen and oxygen atoms in total. The molecule has 106 valence electrons. The number of rotatable bonds is 4. The fourth-order valence-electron chi connectivity index (χ4n) is 0.905. The van der Waals surface area contributed by atoms with Crippen molar-refractivity contribution in [1.29, 1.82) is 0 Å². The summed E-state index contributed by atoms with van der Waals surface area (Å²) in [7, 11) is -0.520. The second kappa shape index (κ2) is 6.65.